The number of nitrogens with one attached hydrogen (secondary N) is 2. The molecule has 2 amide bonds. The van der Waals surface area contributed by atoms with E-state index in [4.69, 9.17) is 16.7 Å². The first-order chi connectivity index (χ1) is 14.8. The lowest BCUT2D eigenvalue weighted by atomic mass is 10.1. The Morgan fingerprint density at radius 3 is 2.00 bits per heavy atom. The van der Waals surface area contributed by atoms with E-state index >= 15 is 0 Å². The molecule has 0 aliphatic rings. The summed E-state index contributed by atoms with van der Waals surface area (Å²) < 4.78 is 0. The lowest BCUT2D eigenvalue weighted by Crippen LogP contribution is -2.30. The molecule has 0 fully saturated rings. The van der Waals surface area contributed by atoms with Gasteiger partial charge in [0.05, 0.1) is 5.56 Å². The van der Waals surface area contributed by atoms with E-state index in [1.807, 2.05) is 19.1 Å². The fourth-order valence-corrected chi connectivity index (χ4v) is 2.80. The minimum Gasteiger partial charge on any atom is -0.478 e. The number of anilines is 1. The smallest absolute Gasteiger partial charge is 0.335 e. The van der Waals surface area contributed by atoms with Crippen LogP contribution in [-0.4, -0.2) is 22.9 Å². The summed E-state index contributed by atoms with van der Waals surface area (Å²) in [7, 11) is 0. The van der Waals surface area contributed by atoms with Crippen LogP contribution in [0.4, 0.5) is 5.69 Å². The van der Waals surface area contributed by atoms with Gasteiger partial charge in [-0.2, -0.15) is 0 Å². The Kier molecular flexibility index (Phi) is 6.85. The summed E-state index contributed by atoms with van der Waals surface area (Å²) in [5.41, 5.74) is 2.60. The van der Waals surface area contributed by atoms with Crippen LogP contribution >= 0.6 is 11.6 Å². The average Bonchev–Trinajstić information content (AvgIpc) is 2.75. The van der Waals surface area contributed by atoms with Crippen LogP contribution in [0.5, 0.6) is 0 Å². The molecule has 3 N–H and O–H groups in total. The third kappa shape index (κ3) is 6.04. The number of carbonyl (C=O) groups excluding carboxylic acids is 2. The number of rotatable bonds is 6. The van der Waals surface area contributed by atoms with Gasteiger partial charge in [-0.1, -0.05) is 41.4 Å². The molecule has 6 nitrogen and oxygen atoms in total. The van der Waals surface area contributed by atoms with E-state index in [0.717, 1.165) is 5.56 Å². The number of carbonyl (C=O) groups is 3. The van der Waals surface area contributed by atoms with E-state index in [-0.39, 0.29) is 11.3 Å². The molecule has 3 aromatic carbocycles. The van der Waals surface area contributed by atoms with Gasteiger partial charge in [0.25, 0.3) is 11.8 Å². The topological polar surface area (TPSA) is 95.5 Å². The summed E-state index contributed by atoms with van der Waals surface area (Å²) in [5, 5.41) is 14.9. The highest BCUT2D eigenvalue weighted by atomic mass is 35.5. The van der Waals surface area contributed by atoms with Crippen LogP contribution in [0.25, 0.3) is 6.08 Å². The zero-order valence-corrected chi connectivity index (χ0v) is 17.3. The Labute approximate surface area is 184 Å². The molecule has 156 valence electrons. The van der Waals surface area contributed by atoms with Crippen molar-refractivity contribution >= 4 is 41.1 Å². The monoisotopic (exact) mass is 434 g/mol. The Balaban J connectivity index is 1.86. The average molecular weight is 435 g/mol. The van der Waals surface area contributed by atoms with E-state index in [1.54, 1.807) is 36.4 Å². The van der Waals surface area contributed by atoms with Crippen molar-refractivity contribution in [2.24, 2.45) is 0 Å². The summed E-state index contributed by atoms with van der Waals surface area (Å²) in [6, 6.07) is 19.5. The summed E-state index contributed by atoms with van der Waals surface area (Å²) in [4.78, 5) is 36.5. The highest BCUT2D eigenvalue weighted by Crippen LogP contribution is 2.15. The number of carboxylic acid groups (broad SMARTS) is 1. The standard InChI is InChI=1S/C24H19ClN2O4/c1-15-2-6-17(7-3-15)22(28)27-21(14-16-4-10-19(25)11-5-16)23(29)26-20-12-8-18(9-13-20)24(30)31/h2-14H,1H3,(H,26,29)(H,27,28)(H,30,31). The second kappa shape index (κ2) is 9.73. The molecule has 0 spiro atoms. The van der Waals surface area contributed by atoms with Gasteiger partial charge in [0.1, 0.15) is 5.70 Å². The molecule has 3 rings (SSSR count). The molecule has 0 radical (unpaired) electrons. The Bertz CT molecular complexity index is 1140. The van der Waals surface area contributed by atoms with Crippen molar-refractivity contribution in [3.63, 3.8) is 0 Å². The number of benzene rings is 3. The zero-order chi connectivity index (χ0) is 22.4. The maximum Gasteiger partial charge on any atom is 0.335 e. The highest BCUT2D eigenvalue weighted by Gasteiger charge is 2.15. The summed E-state index contributed by atoms with van der Waals surface area (Å²) in [6.07, 6.45) is 1.53. The largest absolute Gasteiger partial charge is 0.478 e. The fourth-order valence-electron chi connectivity index (χ4n) is 2.68. The van der Waals surface area contributed by atoms with Crippen molar-refractivity contribution in [1.29, 1.82) is 0 Å². The maximum atomic E-state index is 12.9. The molecular formula is C24H19ClN2O4. The molecular weight excluding hydrogens is 416 g/mol. The second-order valence-electron chi connectivity index (χ2n) is 6.77. The predicted molar refractivity (Wildman–Crippen MR) is 120 cm³/mol. The fraction of sp³-hybridized carbons (Fsp3) is 0.0417. The summed E-state index contributed by atoms with van der Waals surface area (Å²) in [5.74, 6) is -2.05. The van der Waals surface area contributed by atoms with Crippen LogP contribution < -0.4 is 10.6 Å². The third-order valence-electron chi connectivity index (χ3n) is 4.38. The van der Waals surface area contributed by atoms with Gasteiger partial charge in [-0.25, -0.2) is 4.79 Å². The van der Waals surface area contributed by atoms with Crippen LogP contribution in [0.15, 0.2) is 78.5 Å². The van der Waals surface area contributed by atoms with Gasteiger partial charge in [-0.15, -0.1) is 0 Å². The SMILES string of the molecule is Cc1ccc(C(=O)NC(=Cc2ccc(Cl)cc2)C(=O)Nc2ccc(C(=O)O)cc2)cc1. The number of aryl methyl sites for hydroxylation is 1. The molecule has 0 unspecified atom stereocenters. The first-order valence-electron chi connectivity index (χ1n) is 9.32. The van der Waals surface area contributed by atoms with E-state index < -0.39 is 17.8 Å². The Morgan fingerprint density at radius 1 is 0.839 bits per heavy atom. The van der Waals surface area contributed by atoms with Crippen LogP contribution in [-0.2, 0) is 4.79 Å². The maximum absolute atomic E-state index is 12.9. The molecule has 0 aliphatic carbocycles. The summed E-state index contributed by atoms with van der Waals surface area (Å²) >= 11 is 5.92. The van der Waals surface area contributed by atoms with Crippen LogP contribution in [0, 0.1) is 6.92 Å². The van der Waals surface area contributed by atoms with Gasteiger partial charge in [-0.05, 0) is 67.1 Å². The Hall–Kier alpha value is -3.90. The molecule has 0 bridgehead atoms. The van der Waals surface area contributed by atoms with Crippen LogP contribution in [0.2, 0.25) is 5.02 Å². The molecule has 0 heterocycles. The molecule has 7 heteroatoms. The van der Waals surface area contributed by atoms with E-state index in [2.05, 4.69) is 10.6 Å². The Morgan fingerprint density at radius 2 is 1.42 bits per heavy atom. The van der Waals surface area contributed by atoms with Gasteiger partial charge >= 0.3 is 5.97 Å². The zero-order valence-electron chi connectivity index (χ0n) is 16.6. The lowest BCUT2D eigenvalue weighted by Gasteiger charge is -2.12. The highest BCUT2D eigenvalue weighted by molar-refractivity contribution is 6.30. The predicted octanol–water partition coefficient (Wildman–Crippen LogP) is 4.76. The van der Waals surface area contributed by atoms with Gasteiger partial charge < -0.3 is 15.7 Å². The van der Waals surface area contributed by atoms with Gasteiger partial charge in [-0.3, -0.25) is 9.59 Å². The number of carboxylic acids is 1. The van der Waals surface area contributed by atoms with E-state index in [0.29, 0.717) is 21.8 Å². The molecule has 0 saturated carbocycles. The molecule has 0 aliphatic heterocycles. The van der Waals surface area contributed by atoms with Crippen molar-refractivity contribution < 1.29 is 19.5 Å². The molecule has 31 heavy (non-hydrogen) atoms. The minimum atomic E-state index is -1.06. The van der Waals surface area contributed by atoms with Crippen molar-refractivity contribution in [2.45, 2.75) is 6.92 Å². The number of halogens is 1. The van der Waals surface area contributed by atoms with Gasteiger partial charge in [0.15, 0.2) is 0 Å². The van der Waals surface area contributed by atoms with Crippen LogP contribution in [0.3, 0.4) is 0 Å². The first-order valence-corrected chi connectivity index (χ1v) is 9.69. The van der Waals surface area contributed by atoms with Crippen molar-refractivity contribution in [3.05, 3.63) is 106 Å². The van der Waals surface area contributed by atoms with Gasteiger partial charge in [0.2, 0.25) is 0 Å². The normalized spacial score (nSPS) is 11.0. The van der Waals surface area contributed by atoms with Gasteiger partial charge in [0, 0.05) is 16.3 Å². The summed E-state index contributed by atoms with van der Waals surface area (Å²) in [6.45, 7) is 1.91. The lowest BCUT2D eigenvalue weighted by molar-refractivity contribution is -0.113. The van der Waals surface area contributed by atoms with Crippen molar-refractivity contribution in [3.8, 4) is 0 Å². The van der Waals surface area contributed by atoms with Crippen molar-refractivity contribution in [2.75, 3.05) is 5.32 Å². The second-order valence-corrected chi connectivity index (χ2v) is 7.20. The third-order valence-corrected chi connectivity index (χ3v) is 4.63. The van der Waals surface area contributed by atoms with E-state index in [9.17, 15) is 14.4 Å². The quantitative estimate of drug-likeness (QED) is 0.487. The van der Waals surface area contributed by atoms with Crippen LogP contribution in [0.1, 0.15) is 31.8 Å². The first kappa shape index (κ1) is 21.8. The van der Waals surface area contributed by atoms with Crippen molar-refractivity contribution in [1.82, 2.24) is 5.32 Å². The molecule has 3 aromatic rings. The van der Waals surface area contributed by atoms with E-state index in [1.165, 1.54) is 30.3 Å². The minimum absolute atomic E-state index is 0.0233. The molecule has 0 atom stereocenters. The number of hydrogen-bond acceptors (Lipinski definition) is 3. The number of hydrogen-bond donors (Lipinski definition) is 3. The number of amides is 2. The number of aromatic carboxylic acids is 1. The molecule has 0 saturated heterocycles. The molecule has 0 aromatic heterocycles.